The molecule has 0 saturated heterocycles. The highest BCUT2D eigenvalue weighted by Gasteiger charge is 2.10. The van der Waals surface area contributed by atoms with Gasteiger partial charge in [0.05, 0.1) is 12.0 Å². The molecule has 0 radical (unpaired) electrons. The summed E-state index contributed by atoms with van der Waals surface area (Å²) in [5, 5.41) is 0.834. The Balaban J connectivity index is 2.35. The van der Waals surface area contributed by atoms with Gasteiger partial charge >= 0.3 is 0 Å². The molecule has 2 rings (SSSR count). The smallest absolute Gasteiger partial charge is 0.144 e. The van der Waals surface area contributed by atoms with Crippen LogP contribution < -0.4 is 16.0 Å². The van der Waals surface area contributed by atoms with Crippen molar-refractivity contribution in [3.8, 4) is 5.75 Å². The van der Waals surface area contributed by atoms with Crippen molar-refractivity contribution in [2.24, 2.45) is 5.84 Å². The van der Waals surface area contributed by atoms with Gasteiger partial charge in [-0.05, 0) is 12.1 Å². The van der Waals surface area contributed by atoms with Gasteiger partial charge in [-0.25, -0.2) is 15.8 Å². The van der Waals surface area contributed by atoms with Crippen LogP contribution in [0.15, 0.2) is 40.3 Å². The summed E-state index contributed by atoms with van der Waals surface area (Å²) in [7, 11) is 1.66. The van der Waals surface area contributed by atoms with Crippen LogP contribution in [0, 0.1) is 0 Å². The third-order valence-electron chi connectivity index (χ3n) is 2.67. The van der Waals surface area contributed by atoms with Gasteiger partial charge in [-0.3, -0.25) is 0 Å². The second-order valence-corrected chi connectivity index (χ2v) is 5.56. The number of nitrogen functional groups attached to an aromatic ring is 1. The van der Waals surface area contributed by atoms with E-state index in [9.17, 15) is 0 Å². The van der Waals surface area contributed by atoms with E-state index in [2.05, 4.69) is 15.4 Å². The van der Waals surface area contributed by atoms with Gasteiger partial charge in [0.1, 0.15) is 22.4 Å². The zero-order valence-corrected chi connectivity index (χ0v) is 12.6. The average Bonchev–Trinajstić information content (AvgIpc) is 2.47. The molecule has 0 aliphatic carbocycles. The number of hydrogen-bond acceptors (Lipinski definition) is 6. The minimum absolute atomic E-state index is 0.236. The molecule has 1 aromatic heterocycles. The molecule has 0 amide bonds. The Morgan fingerprint density at radius 2 is 2.00 bits per heavy atom. The van der Waals surface area contributed by atoms with E-state index in [0.717, 1.165) is 21.5 Å². The SMILES string of the molecule is COc1ccccc1Sc1cc(NN)nc(C(C)C)n1. The number of benzene rings is 1. The van der Waals surface area contributed by atoms with Crippen molar-refractivity contribution >= 4 is 17.6 Å². The summed E-state index contributed by atoms with van der Waals surface area (Å²) in [4.78, 5) is 9.90. The first-order valence-corrected chi connectivity index (χ1v) is 7.12. The Morgan fingerprint density at radius 3 is 2.65 bits per heavy atom. The number of anilines is 1. The zero-order chi connectivity index (χ0) is 14.5. The summed E-state index contributed by atoms with van der Waals surface area (Å²) in [6, 6.07) is 9.65. The third kappa shape index (κ3) is 3.40. The molecule has 5 nitrogen and oxygen atoms in total. The highest BCUT2D eigenvalue weighted by Crippen LogP contribution is 2.34. The maximum absolute atomic E-state index is 5.46. The molecule has 6 heteroatoms. The van der Waals surface area contributed by atoms with Gasteiger partial charge < -0.3 is 10.2 Å². The van der Waals surface area contributed by atoms with Crippen LogP contribution in [0.1, 0.15) is 25.6 Å². The quantitative estimate of drug-likeness (QED) is 0.501. The highest BCUT2D eigenvalue weighted by molar-refractivity contribution is 7.99. The molecule has 0 atom stereocenters. The summed E-state index contributed by atoms with van der Waals surface area (Å²) in [6.07, 6.45) is 0. The first-order chi connectivity index (χ1) is 9.63. The van der Waals surface area contributed by atoms with Crippen molar-refractivity contribution in [3.63, 3.8) is 0 Å². The summed E-state index contributed by atoms with van der Waals surface area (Å²) in [5.74, 6) is 7.90. The number of hydrogen-bond donors (Lipinski definition) is 2. The van der Waals surface area contributed by atoms with Gasteiger partial charge in [0.2, 0.25) is 0 Å². The fourth-order valence-electron chi connectivity index (χ4n) is 1.64. The maximum atomic E-state index is 5.46. The maximum Gasteiger partial charge on any atom is 0.144 e. The Bertz CT molecular complexity index is 589. The molecule has 0 unspecified atom stereocenters. The molecule has 1 heterocycles. The van der Waals surface area contributed by atoms with E-state index >= 15 is 0 Å². The van der Waals surface area contributed by atoms with Gasteiger partial charge in [0.25, 0.3) is 0 Å². The topological polar surface area (TPSA) is 73.1 Å². The highest BCUT2D eigenvalue weighted by atomic mass is 32.2. The number of methoxy groups -OCH3 is 1. The predicted octanol–water partition coefficient (Wildman–Crippen LogP) is 3.05. The van der Waals surface area contributed by atoms with Crippen molar-refractivity contribution in [3.05, 3.63) is 36.2 Å². The normalized spacial score (nSPS) is 10.7. The first kappa shape index (κ1) is 14.6. The molecule has 0 saturated carbocycles. The van der Waals surface area contributed by atoms with Crippen LogP contribution in [-0.4, -0.2) is 17.1 Å². The third-order valence-corrected chi connectivity index (χ3v) is 3.64. The average molecular weight is 290 g/mol. The summed E-state index contributed by atoms with van der Waals surface area (Å²) >= 11 is 1.53. The number of para-hydroxylation sites is 1. The standard InChI is InChI=1S/C14H18N4OS/c1-9(2)14-16-12(18-15)8-13(17-14)20-11-7-5-4-6-10(11)19-3/h4-9H,15H2,1-3H3,(H,16,17,18). The van der Waals surface area contributed by atoms with E-state index in [1.807, 2.05) is 44.2 Å². The number of nitrogens with two attached hydrogens (primary N) is 1. The second-order valence-electron chi connectivity index (χ2n) is 4.50. The summed E-state index contributed by atoms with van der Waals surface area (Å²) in [5.41, 5.74) is 2.58. The number of ether oxygens (including phenoxy) is 1. The lowest BCUT2D eigenvalue weighted by atomic mass is 10.2. The number of hydrazine groups is 1. The molecular formula is C14H18N4OS. The second kappa shape index (κ2) is 6.58. The van der Waals surface area contributed by atoms with Crippen molar-refractivity contribution in [2.75, 3.05) is 12.5 Å². The molecule has 1 aromatic carbocycles. The van der Waals surface area contributed by atoms with E-state index in [1.165, 1.54) is 11.8 Å². The minimum Gasteiger partial charge on any atom is -0.496 e. The predicted molar refractivity (Wildman–Crippen MR) is 81.0 cm³/mol. The lowest BCUT2D eigenvalue weighted by molar-refractivity contribution is 0.405. The van der Waals surface area contributed by atoms with Crippen molar-refractivity contribution in [1.29, 1.82) is 0 Å². The summed E-state index contributed by atoms with van der Waals surface area (Å²) in [6.45, 7) is 4.10. The van der Waals surface area contributed by atoms with Gasteiger partial charge in [0, 0.05) is 12.0 Å². The van der Waals surface area contributed by atoms with Crippen LogP contribution >= 0.6 is 11.8 Å². The van der Waals surface area contributed by atoms with Gasteiger partial charge in [0.15, 0.2) is 0 Å². The number of nitrogens with zero attached hydrogens (tertiary/aromatic N) is 2. The van der Waals surface area contributed by atoms with Crippen LogP contribution in [-0.2, 0) is 0 Å². The molecular weight excluding hydrogens is 272 g/mol. The van der Waals surface area contributed by atoms with E-state index in [4.69, 9.17) is 10.6 Å². The fraction of sp³-hybridized carbons (Fsp3) is 0.286. The van der Waals surface area contributed by atoms with E-state index in [1.54, 1.807) is 7.11 Å². The van der Waals surface area contributed by atoms with Crippen LogP contribution in [0.2, 0.25) is 0 Å². The largest absolute Gasteiger partial charge is 0.496 e. The Kier molecular flexibility index (Phi) is 4.81. The molecule has 3 N–H and O–H groups in total. The lowest BCUT2D eigenvalue weighted by Crippen LogP contribution is -2.11. The van der Waals surface area contributed by atoms with Crippen LogP contribution in [0.3, 0.4) is 0 Å². The van der Waals surface area contributed by atoms with Gasteiger partial charge in [-0.15, -0.1) is 0 Å². The van der Waals surface area contributed by atoms with E-state index in [0.29, 0.717) is 5.82 Å². The molecule has 0 bridgehead atoms. The van der Waals surface area contributed by atoms with Crippen molar-refractivity contribution < 1.29 is 4.74 Å². The van der Waals surface area contributed by atoms with Crippen molar-refractivity contribution in [1.82, 2.24) is 9.97 Å². The van der Waals surface area contributed by atoms with Crippen LogP contribution in [0.25, 0.3) is 0 Å². The summed E-state index contributed by atoms with van der Waals surface area (Å²) < 4.78 is 5.35. The van der Waals surface area contributed by atoms with Crippen LogP contribution in [0.4, 0.5) is 5.82 Å². The molecule has 0 spiro atoms. The van der Waals surface area contributed by atoms with Crippen molar-refractivity contribution in [2.45, 2.75) is 29.7 Å². The van der Waals surface area contributed by atoms with E-state index in [-0.39, 0.29) is 5.92 Å². The molecule has 0 fully saturated rings. The van der Waals surface area contributed by atoms with Crippen LogP contribution in [0.5, 0.6) is 5.75 Å². The Hall–Kier alpha value is -1.79. The number of nitrogens with one attached hydrogen (secondary N) is 1. The van der Waals surface area contributed by atoms with Gasteiger partial charge in [-0.2, -0.15) is 0 Å². The monoisotopic (exact) mass is 290 g/mol. The number of rotatable bonds is 5. The minimum atomic E-state index is 0.236. The Morgan fingerprint density at radius 1 is 1.25 bits per heavy atom. The number of aromatic nitrogens is 2. The first-order valence-electron chi connectivity index (χ1n) is 6.30. The molecule has 106 valence electrons. The zero-order valence-electron chi connectivity index (χ0n) is 11.8. The fourth-order valence-corrected chi connectivity index (χ4v) is 2.58. The Labute approximate surface area is 122 Å². The van der Waals surface area contributed by atoms with E-state index < -0.39 is 0 Å². The lowest BCUT2D eigenvalue weighted by Gasteiger charge is -2.11. The van der Waals surface area contributed by atoms with Gasteiger partial charge in [-0.1, -0.05) is 37.7 Å². The molecule has 2 aromatic rings. The molecule has 0 aliphatic heterocycles. The molecule has 0 aliphatic rings. The molecule has 20 heavy (non-hydrogen) atoms.